The molecule has 0 saturated carbocycles. The Hall–Kier alpha value is -2.33. The summed E-state index contributed by atoms with van der Waals surface area (Å²) < 4.78 is 35.1. The minimum absolute atomic E-state index is 0. The Morgan fingerprint density at radius 1 is 0.974 bits per heavy atom. The van der Waals surface area contributed by atoms with E-state index < -0.39 is 44.3 Å². The topological polar surface area (TPSA) is 181 Å². The quantitative estimate of drug-likeness (QED) is 0.0982. The number of aromatic nitrogens is 1. The third-order valence-corrected chi connectivity index (χ3v) is 7.25. The molecule has 1 N–H and O–H groups in total. The number of carboxylic acids is 1. The van der Waals surface area contributed by atoms with Crippen LogP contribution < -0.4 is 69.5 Å². The molecule has 39 heavy (non-hydrogen) atoms. The fraction of sp³-hybridized carbons (Fsp3) is 0.0833. The van der Waals surface area contributed by atoms with Gasteiger partial charge in [-0.25, -0.2) is 13.4 Å². The van der Waals surface area contributed by atoms with Gasteiger partial charge in [-0.1, -0.05) is 18.2 Å². The molecule has 1 atom stereocenters. The Bertz CT molecular complexity index is 1660. The number of Topliss-reactive ketones (excluding diaryl/α,β-unsaturated/α-hetero) is 1. The van der Waals surface area contributed by atoms with Crippen LogP contribution >= 0.6 is 11.3 Å². The van der Waals surface area contributed by atoms with E-state index in [2.05, 4.69) is 20.5 Å². The van der Waals surface area contributed by atoms with Gasteiger partial charge in [0, 0.05) is 16.8 Å². The minimum atomic E-state index is -5.12. The van der Waals surface area contributed by atoms with Crippen LogP contribution in [0.15, 0.2) is 81.9 Å². The number of carbonyl (C=O) groups excluding carboxylic acids is 3. The van der Waals surface area contributed by atoms with E-state index in [0.717, 1.165) is 17.4 Å². The summed E-state index contributed by atoms with van der Waals surface area (Å²) in [6.45, 7) is 1.23. The van der Waals surface area contributed by atoms with E-state index in [9.17, 15) is 32.5 Å². The largest absolute Gasteiger partial charge is 1.00 e. The van der Waals surface area contributed by atoms with Crippen molar-refractivity contribution in [1.29, 1.82) is 0 Å². The van der Waals surface area contributed by atoms with Gasteiger partial charge in [-0.2, -0.15) is 10.2 Å². The van der Waals surface area contributed by atoms with E-state index >= 15 is 0 Å². The summed E-state index contributed by atoms with van der Waals surface area (Å²) in [6.07, 6.45) is 0. The van der Waals surface area contributed by atoms with Crippen LogP contribution in [0.25, 0.3) is 20.8 Å². The first-order valence-electron chi connectivity index (χ1n) is 10.5. The van der Waals surface area contributed by atoms with Gasteiger partial charge in [0.05, 0.1) is 26.8 Å². The van der Waals surface area contributed by atoms with E-state index in [4.69, 9.17) is 0 Å². The van der Waals surface area contributed by atoms with Crippen LogP contribution in [0.5, 0.6) is 0 Å². The molecule has 3 aromatic carbocycles. The summed E-state index contributed by atoms with van der Waals surface area (Å²) in [5, 5.41) is 22.1. The number of azo groups is 1. The van der Waals surface area contributed by atoms with Crippen LogP contribution in [-0.2, 0) is 19.7 Å². The van der Waals surface area contributed by atoms with E-state index in [1.165, 1.54) is 25.1 Å². The predicted octanol–water partition coefficient (Wildman–Crippen LogP) is -3.08. The van der Waals surface area contributed by atoms with Gasteiger partial charge in [0.2, 0.25) is 6.04 Å². The van der Waals surface area contributed by atoms with Crippen LogP contribution in [0.1, 0.15) is 17.3 Å². The predicted molar refractivity (Wildman–Crippen MR) is 131 cm³/mol. The molecular weight excluding hydrogens is 566 g/mol. The van der Waals surface area contributed by atoms with Gasteiger partial charge in [-0.3, -0.25) is 9.59 Å². The fourth-order valence-corrected chi connectivity index (χ4v) is 5.54. The van der Waals surface area contributed by atoms with Gasteiger partial charge in [0.15, 0.2) is 5.78 Å². The number of benzene rings is 3. The molecule has 1 heterocycles. The maximum atomic E-state index is 12.5. The number of ketones is 1. The second kappa shape index (κ2) is 13.8. The Morgan fingerprint density at radius 3 is 2.18 bits per heavy atom. The first-order valence-corrected chi connectivity index (χ1v) is 12.8. The number of carboxylic acid groups (broad SMARTS) is 1. The number of aromatic carboxylic acids is 1. The van der Waals surface area contributed by atoms with Crippen molar-refractivity contribution in [1.82, 2.24) is 4.98 Å². The molecule has 0 radical (unpaired) electrons. The van der Waals surface area contributed by atoms with Gasteiger partial charge in [-0.05, 0) is 55.5 Å². The van der Waals surface area contributed by atoms with Crippen molar-refractivity contribution >= 4 is 60.7 Å². The van der Waals surface area contributed by atoms with Crippen LogP contribution in [0.4, 0.5) is 11.4 Å². The van der Waals surface area contributed by atoms with E-state index in [1.807, 2.05) is 0 Å². The Morgan fingerprint density at radius 2 is 1.62 bits per heavy atom. The van der Waals surface area contributed by atoms with Crippen molar-refractivity contribution in [3.8, 4) is 10.6 Å². The van der Waals surface area contributed by atoms with Crippen molar-refractivity contribution in [2.45, 2.75) is 17.9 Å². The first kappa shape index (κ1) is 32.9. The molecule has 0 bridgehead atoms. The number of rotatable bonds is 8. The molecule has 0 aliphatic rings. The molecule has 188 valence electrons. The minimum Gasteiger partial charge on any atom is -0.744 e. The Balaban J connectivity index is 0.00000267. The number of carbonyl (C=O) groups is 3. The number of thiazole rings is 1. The number of nitrogens with zero attached hydrogens (tertiary/aromatic N) is 3. The molecule has 4 rings (SSSR count). The van der Waals surface area contributed by atoms with Crippen LogP contribution in [0.3, 0.4) is 0 Å². The number of fused-ring (bicyclic) bond motifs is 1. The van der Waals surface area contributed by atoms with Gasteiger partial charge >= 0.3 is 59.1 Å². The summed E-state index contributed by atoms with van der Waals surface area (Å²) in [5.41, 5.74) is 0.760. The average Bonchev–Trinajstić information content (AvgIpc) is 3.28. The number of hydrogen-bond acceptors (Lipinski definition) is 11. The number of amides is 1. The van der Waals surface area contributed by atoms with Crippen molar-refractivity contribution in [2.24, 2.45) is 10.2 Å². The van der Waals surface area contributed by atoms with Gasteiger partial charge in [0.25, 0.3) is 5.91 Å². The Kier molecular flexibility index (Phi) is 11.7. The van der Waals surface area contributed by atoms with Crippen LogP contribution in [-0.4, -0.2) is 41.7 Å². The second-order valence-electron chi connectivity index (χ2n) is 7.68. The maximum absolute atomic E-state index is 12.5. The zero-order valence-corrected chi connectivity index (χ0v) is 26.6. The first-order chi connectivity index (χ1) is 17.5. The molecule has 0 aliphatic carbocycles. The second-order valence-corrected chi connectivity index (χ2v) is 10.00. The van der Waals surface area contributed by atoms with Crippen molar-refractivity contribution < 1.29 is 91.6 Å². The third-order valence-electron chi connectivity index (χ3n) is 5.06. The Labute approximate surface area is 271 Å². The normalized spacial score (nSPS) is 11.8. The number of nitrogens with one attached hydrogen (secondary N) is 1. The molecule has 0 spiro atoms. The fourth-order valence-electron chi connectivity index (χ4n) is 3.35. The standard InChI is InChI=1S/C24H18N4O7S2.2Na/c1-13(29)19(22(30)25-15-5-3-2-4-6-15)28-27-16-9-7-14(8-10-16)23-26-18-12-11-17(24(31)32)21(20(18)36-23)37(33,34)35;;/h2-12,19H,1H3,(H,25,30)(H,31,32)(H,33,34,35);;/q;2*+1/p-2. The summed E-state index contributed by atoms with van der Waals surface area (Å²) in [7, 11) is -5.12. The molecule has 0 fully saturated rings. The zero-order chi connectivity index (χ0) is 26.7. The van der Waals surface area contributed by atoms with Crippen molar-refractivity contribution in [3.63, 3.8) is 0 Å². The van der Waals surface area contributed by atoms with E-state index in [1.54, 1.807) is 42.5 Å². The average molecular weight is 583 g/mol. The van der Waals surface area contributed by atoms with Crippen molar-refractivity contribution in [2.75, 3.05) is 5.32 Å². The van der Waals surface area contributed by atoms with Crippen LogP contribution in [0, 0.1) is 0 Å². The summed E-state index contributed by atoms with van der Waals surface area (Å²) in [6, 6.07) is 15.7. The SMILES string of the molecule is CC(=O)C(N=Nc1ccc(-c2nc3ccc(C(=O)[O-])c(S(=O)(=O)[O-])c3s2)cc1)C(=O)Nc1ccccc1.[Na+].[Na+]. The van der Waals surface area contributed by atoms with Gasteiger partial charge in [0.1, 0.15) is 15.1 Å². The van der Waals surface area contributed by atoms with E-state index in [-0.39, 0.29) is 69.3 Å². The smallest absolute Gasteiger partial charge is 0.744 e. The molecule has 0 saturated heterocycles. The number of para-hydroxylation sites is 1. The summed E-state index contributed by atoms with van der Waals surface area (Å²) >= 11 is 0.835. The van der Waals surface area contributed by atoms with Crippen molar-refractivity contribution in [3.05, 3.63) is 72.3 Å². The zero-order valence-electron chi connectivity index (χ0n) is 20.9. The van der Waals surface area contributed by atoms with Crippen LogP contribution in [0.2, 0.25) is 0 Å². The summed E-state index contributed by atoms with van der Waals surface area (Å²) in [4.78, 5) is 39.2. The molecule has 11 nitrogen and oxygen atoms in total. The third kappa shape index (κ3) is 7.87. The number of anilines is 1. The molecule has 15 heteroatoms. The summed E-state index contributed by atoms with van der Waals surface area (Å²) in [5.74, 6) is -2.92. The molecule has 1 aromatic heterocycles. The molecular formula is C24H16N4Na2O7S2. The monoisotopic (exact) mass is 582 g/mol. The van der Waals surface area contributed by atoms with E-state index in [0.29, 0.717) is 21.9 Å². The maximum Gasteiger partial charge on any atom is 1.00 e. The van der Waals surface area contributed by atoms with Gasteiger partial charge < -0.3 is 19.8 Å². The van der Waals surface area contributed by atoms with Gasteiger partial charge in [-0.15, -0.1) is 11.3 Å². The molecule has 4 aromatic rings. The molecule has 1 unspecified atom stereocenters. The molecule has 1 amide bonds. The number of hydrogen-bond donors (Lipinski definition) is 1. The molecule has 0 aliphatic heterocycles.